The third-order valence-electron chi connectivity index (χ3n) is 3.40. The molecule has 3 rings (SSSR count). The number of benzene rings is 1. The second-order valence-corrected chi connectivity index (χ2v) is 5.78. The van der Waals surface area contributed by atoms with Gasteiger partial charge in [-0.3, -0.25) is 0 Å². The normalized spacial score (nSPS) is 15.6. The molecule has 3 heteroatoms. The summed E-state index contributed by atoms with van der Waals surface area (Å²) in [6.45, 7) is 3.31. The van der Waals surface area contributed by atoms with Crippen LogP contribution in [0, 0.1) is 5.92 Å². The molecule has 90 valence electrons. The lowest BCUT2D eigenvalue weighted by Crippen LogP contribution is -2.21. The highest BCUT2D eigenvalue weighted by molar-refractivity contribution is 9.10. The zero-order valence-corrected chi connectivity index (χ0v) is 11.4. The first-order chi connectivity index (χ1) is 8.33. The van der Waals surface area contributed by atoms with E-state index in [0.717, 1.165) is 23.5 Å². The lowest BCUT2D eigenvalue weighted by Gasteiger charge is -2.07. The highest BCUT2D eigenvalue weighted by Gasteiger charge is 2.19. The van der Waals surface area contributed by atoms with E-state index in [2.05, 4.69) is 56.3 Å². The number of aromatic nitrogens is 1. The van der Waals surface area contributed by atoms with Crippen molar-refractivity contribution >= 4 is 26.8 Å². The molecule has 1 saturated carbocycles. The topological polar surface area (TPSA) is 17.0 Å². The third kappa shape index (κ3) is 2.72. The summed E-state index contributed by atoms with van der Waals surface area (Å²) in [5.41, 5.74) is 1.31. The van der Waals surface area contributed by atoms with E-state index >= 15 is 0 Å². The summed E-state index contributed by atoms with van der Waals surface area (Å²) >= 11 is 3.53. The molecule has 0 atom stereocenters. The largest absolute Gasteiger partial charge is 0.346 e. The van der Waals surface area contributed by atoms with Crippen LogP contribution in [0.4, 0.5) is 0 Å². The van der Waals surface area contributed by atoms with Crippen LogP contribution in [-0.2, 0) is 6.54 Å². The van der Waals surface area contributed by atoms with Crippen molar-refractivity contribution in [1.29, 1.82) is 0 Å². The van der Waals surface area contributed by atoms with E-state index in [9.17, 15) is 0 Å². The molecule has 0 radical (unpaired) electrons. The van der Waals surface area contributed by atoms with Crippen molar-refractivity contribution in [1.82, 2.24) is 9.88 Å². The molecule has 1 aliphatic carbocycles. The Bertz CT molecular complexity index is 514. The highest BCUT2D eigenvalue weighted by Crippen LogP contribution is 2.27. The van der Waals surface area contributed by atoms with Gasteiger partial charge >= 0.3 is 0 Å². The molecule has 1 aromatic carbocycles. The predicted molar refractivity (Wildman–Crippen MR) is 75.2 cm³/mol. The van der Waals surface area contributed by atoms with Gasteiger partial charge in [-0.25, -0.2) is 0 Å². The second kappa shape index (κ2) is 4.83. The average Bonchev–Trinajstić information content (AvgIpc) is 3.07. The summed E-state index contributed by atoms with van der Waals surface area (Å²) in [6, 6.07) is 8.63. The first-order valence-electron chi connectivity index (χ1n) is 6.28. The maximum absolute atomic E-state index is 3.53. The number of hydrogen-bond donors (Lipinski definition) is 1. The first kappa shape index (κ1) is 11.3. The molecule has 1 fully saturated rings. The minimum absolute atomic E-state index is 0.963. The predicted octanol–water partition coefficient (Wildman–Crippen LogP) is 3.40. The van der Waals surface area contributed by atoms with Crippen LogP contribution in [0.2, 0.25) is 0 Å². The van der Waals surface area contributed by atoms with Gasteiger partial charge in [0.15, 0.2) is 0 Å². The van der Waals surface area contributed by atoms with Crippen LogP contribution in [0.3, 0.4) is 0 Å². The molecule has 1 aliphatic rings. The molecule has 0 bridgehead atoms. The van der Waals surface area contributed by atoms with Gasteiger partial charge in [-0.05, 0) is 48.9 Å². The van der Waals surface area contributed by atoms with Gasteiger partial charge < -0.3 is 9.88 Å². The zero-order valence-electron chi connectivity index (χ0n) is 9.82. The fourth-order valence-corrected chi connectivity index (χ4v) is 2.53. The smallest absolute Gasteiger partial charge is 0.0492 e. The summed E-state index contributed by atoms with van der Waals surface area (Å²) in [6.07, 6.45) is 5.02. The lowest BCUT2D eigenvalue weighted by atomic mass is 10.2. The number of hydrogen-bond acceptors (Lipinski definition) is 1. The van der Waals surface area contributed by atoms with Gasteiger partial charge in [0.1, 0.15) is 0 Å². The Labute approximate surface area is 110 Å². The molecular weight excluding hydrogens is 276 g/mol. The van der Waals surface area contributed by atoms with E-state index in [1.807, 2.05) is 0 Å². The molecule has 0 amide bonds. The van der Waals surface area contributed by atoms with Gasteiger partial charge in [0.2, 0.25) is 0 Å². The molecular formula is C14H17BrN2. The number of fused-ring (bicyclic) bond motifs is 1. The highest BCUT2D eigenvalue weighted by atomic mass is 79.9. The Morgan fingerprint density at radius 2 is 2.18 bits per heavy atom. The summed E-state index contributed by atoms with van der Waals surface area (Å²) in [4.78, 5) is 0. The quantitative estimate of drug-likeness (QED) is 0.836. The Balaban J connectivity index is 1.64. The van der Waals surface area contributed by atoms with Crippen molar-refractivity contribution in [2.45, 2.75) is 19.4 Å². The minimum atomic E-state index is 0.963. The molecule has 1 aromatic heterocycles. The number of nitrogens with zero attached hydrogens (tertiary/aromatic N) is 1. The second-order valence-electron chi connectivity index (χ2n) is 4.86. The van der Waals surface area contributed by atoms with E-state index in [1.165, 1.54) is 30.3 Å². The Kier molecular flexibility index (Phi) is 3.21. The summed E-state index contributed by atoms with van der Waals surface area (Å²) < 4.78 is 3.47. The maximum atomic E-state index is 3.53. The van der Waals surface area contributed by atoms with Gasteiger partial charge in [0.25, 0.3) is 0 Å². The molecule has 0 saturated heterocycles. The van der Waals surface area contributed by atoms with E-state index < -0.39 is 0 Å². The lowest BCUT2D eigenvalue weighted by molar-refractivity contribution is 0.584. The van der Waals surface area contributed by atoms with E-state index in [0.29, 0.717) is 0 Å². The van der Waals surface area contributed by atoms with Crippen LogP contribution in [0.1, 0.15) is 12.8 Å². The SMILES string of the molecule is Brc1ccc2ccn(CCNCC3CC3)c2c1. The van der Waals surface area contributed by atoms with Gasteiger partial charge in [0, 0.05) is 29.3 Å². The molecule has 1 heterocycles. The van der Waals surface area contributed by atoms with Crippen LogP contribution in [-0.4, -0.2) is 17.7 Å². The van der Waals surface area contributed by atoms with Gasteiger partial charge in [0.05, 0.1) is 0 Å². The Hall–Kier alpha value is -0.800. The standard InChI is InChI=1S/C14H17BrN2/c15-13-4-3-12-5-7-17(14(12)9-13)8-6-16-10-11-1-2-11/h3-5,7,9,11,16H,1-2,6,8,10H2. The fraction of sp³-hybridized carbons (Fsp3) is 0.429. The molecule has 0 aliphatic heterocycles. The number of nitrogens with one attached hydrogen (secondary N) is 1. The van der Waals surface area contributed by atoms with Crippen LogP contribution in [0.5, 0.6) is 0 Å². The van der Waals surface area contributed by atoms with Gasteiger partial charge in [-0.1, -0.05) is 22.0 Å². The Morgan fingerprint density at radius 3 is 3.00 bits per heavy atom. The van der Waals surface area contributed by atoms with Gasteiger partial charge in [-0.15, -0.1) is 0 Å². The van der Waals surface area contributed by atoms with Crippen molar-refractivity contribution < 1.29 is 0 Å². The molecule has 17 heavy (non-hydrogen) atoms. The van der Waals surface area contributed by atoms with E-state index in [4.69, 9.17) is 0 Å². The number of rotatable bonds is 5. The van der Waals surface area contributed by atoms with Crippen molar-refractivity contribution in [2.75, 3.05) is 13.1 Å². The van der Waals surface area contributed by atoms with Crippen LogP contribution < -0.4 is 5.32 Å². The van der Waals surface area contributed by atoms with Crippen LogP contribution >= 0.6 is 15.9 Å². The van der Waals surface area contributed by atoms with E-state index in [-0.39, 0.29) is 0 Å². The average molecular weight is 293 g/mol. The first-order valence-corrected chi connectivity index (χ1v) is 7.07. The van der Waals surface area contributed by atoms with Gasteiger partial charge in [-0.2, -0.15) is 0 Å². The maximum Gasteiger partial charge on any atom is 0.0492 e. The summed E-state index contributed by atoms with van der Waals surface area (Å²) in [7, 11) is 0. The molecule has 2 nitrogen and oxygen atoms in total. The Morgan fingerprint density at radius 1 is 1.29 bits per heavy atom. The summed E-state index contributed by atoms with van der Waals surface area (Å²) in [5, 5.41) is 4.85. The zero-order chi connectivity index (χ0) is 11.7. The van der Waals surface area contributed by atoms with Crippen LogP contribution in [0.25, 0.3) is 10.9 Å². The molecule has 2 aromatic rings. The minimum Gasteiger partial charge on any atom is -0.346 e. The fourth-order valence-electron chi connectivity index (χ4n) is 2.18. The summed E-state index contributed by atoms with van der Waals surface area (Å²) in [5.74, 6) is 0.963. The van der Waals surface area contributed by atoms with Crippen LogP contribution in [0.15, 0.2) is 34.9 Å². The number of halogens is 1. The van der Waals surface area contributed by atoms with Crippen molar-refractivity contribution in [2.24, 2.45) is 5.92 Å². The van der Waals surface area contributed by atoms with Crippen molar-refractivity contribution in [3.63, 3.8) is 0 Å². The molecule has 0 spiro atoms. The van der Waals surface area contributed by atoms with Crippen molar-refractivity contribution in [3.8, 4) is 0 Å². The monoisotopic (exact) mass is 292 g/mol. The molecule has 1 N–H and O–H groups in total. The van der Waals surface area contributed by atoms with E-state index in [1.54, 1.807) is 0 Å². The molecule has 0 unspecified atom stereocenters. The third-order valence-corrected chi connectivity index (χ3v) is 3.89. The van der Waals surface area contributed by atoms with Crippen molar-refractivity contribution in [3.05, 3.63) is 34.9 Å².